The van der Waals surface area contributed by atoms with Crippen LogP contribution in [0.25, 0.3) is 0 Å². The lowest BCUT2D eigenvalue weighted by atomic mass is 10.4. The molecule has 0 spiro atoms. The molecule has 0 saturated heterocycles. The van der Waals surface area contributed by atoms with Gasteiger partial charge in [-0.05, 0) is 18.4 Å². The first-order chi connectivity index (χ1) is 6.27. The summed E-state index contributed by atoms with van der Waals surface area (Å²) in [5.74, 6) is -0.0664. The second-order valence-electron chi connectivity index (χ2n) is 2.24. The van der Waals surface area contributed by atoms with Crippen LogP contribution in [0.2, 0.25) is 0 Å². The van der Waals surface area contributed by atoms with Gasteiger partial charge in [-0.25, -0.2) is 4.98 Å². The van der Waals surface area contributed by atoms with Crippen LogP contribution in [0.1, 0.15) is 0 Å². The third-order valence-corrected chi connectivity index (χ3v) is 2.58. The Morgan fingerprint density at radius 2 is 2.54 bits per heavy atom. The Morgan fingerprint density at radius 1 is 1.77 bits per heavy atom. The number of amides is 1. The quantitative estimate of drug-likeness (QED) is 0.669. The van der Waals surface area contributed by atoms with E-state index in [2.05, 4.69) is 26.2 Å². The zero-order chi connectivity index (χ0) is 9.68. The zero-order valence-corrected chi connectivity index (χ0v) is 9.48. The summed E-state index contributed by atoms with van der Waals surface area (Å²) in [6.45, 7) is 0. The number of hydrogen-bond acceptors (Lipinski definition) is 3. The van der Waals surface area contributed by atoms with Gasteiger partial charge in [-0.1, -0.05) is 15.9 Å². The Balaban J connectivity index is 2.81. The van der Waals surface area contributed by atoms with E-state index < -0.39 is 0 Å². The van der Waals surface area contributed by atoms with E-state index in [0.29, 0.717) is 5.33 Å². The lowest BCUT2D eigenvalue weighted by Gasteiger charge is -2.05. The van der Waals surface area contributed by atoms with Gasteiger partial charge in [0, 0.05) is 6.20 Å². The summed E-state index contributed by atoms with van der Waals surface area (Å²) in [5, 5.41) is 3.87. The van der Waals surface area contributed by atoms with Gasteiger partial charge in [0.05, 0.1) is 11.0 Å². The van der Waals surface area contributed by atoms with Gasteiger partial charge >= 0.3 is 0 Å². The second kappa shape index (κ2) is 5.24. The van der Waals surface area contributed by atoms with Crippen LogP contribution >= 0.6 is 27.7 Å². The summed E-state index contributed by atoms with van der Waals surface area (Å²) in [4.78, 5) is 15.2. The average molecular weight is 261 g/mol. The number of carbonyl (C=O) groups excluding carboxylic acids is 1. The minimum absolute atomic E-state index is 0.0664. The predicted molar refractivity (Wildman–Crippen MR) is 58.4 cm³/mol. The van der Waals surface area contributed by atoms with Gasteiger partial charge < -0.3 is 5.32 Å². The summed E-state index contributed by atoms with van der Waals surface area (Å²) in [6.07, 6.45) is 3.63. The number of rotatable bonds is 3. The summed E-state index contributed by atoms with van der Waals surface area (Å²) >= 11 is 4.59. The van der Waals surface area contributed by atoms with Gasteiger partial charge in [0.25, 0.3) is 0 Å². The number of thioether (sulfide) groups is 1. The molecule has 0 aliphatic carbocycles. The van der Waals surface area contributed by atoms with Crippen LogP contribution in [0.5, 0.6) is 0 Å². The third kappa shape index (κ3) is 3.00. The Morgan fingerprint density at radius 3 is 3.15 bits per heavy atom. The van der Waals surface area contributed by atoms with Crippen LogP contribution in [-0.2, 0) is 4.79 Å². The Bertz CT molecular complexity index is 306. The molecule has 70 valence electrons. The van der Waals surface area contributed by atoms with Crippen molar-refractivity contribution in [3.63, 3.8) is 0 Å². The highest BCUT2D eigenvalue weighted by Crippen LogP contribution is 2.21. The van der Waals surface area contributed by atoms with E-state index in [4.69, 9.17) is 0 Å². The monoisotopic (exact) mass is 260 g/mol. The number of anilines is 1. The van der Waals surface area contributed by atoms with Gasteiger partial charge in [-0.15, -0.1) is 11.8 Å². The first kappa shape index (κ1) is 10.5. The first-order valence-electron chi connectivity index (χ1n) is 3.62. The summed E-state index contributed by atoms with van der Waals surface area (Å²) in [5.41, 5.74) is 0.763. The summed E-state index contributed by atoms with van der Waals surface area (Å²) in [6, 6.07) is 3.63. The minimum atomic E-state index is -0.0664. The van der Waals surface area contributed by atoms with Gasteiger partial charge in [0.2, 0.25) is 5.91 Å². The first-order valence-corrected chi connectivity index (χ1v) is 5.97. The molecule has 5 heteroatoms. The molecule has 0 unspecified atom stereocenters. The summed E-state index contributed by atoms with van der Waals surface area (Å²) in [7, 11) is 0. The van der Waals surface area contributed by atoms with Crippen molar-refractivity contribution in [2.24, 2.45) is 0 Å². The van der Waals surface area contributed by atoms with E-state index in [-0.39, 0.29) is 5.91 Å². The Labute approximate surface area is 89.4 Å². The van der Waals surface area contributed by atoms with E-state index in [1.807, 2.05) is 12.3 Å². The molecule has 1 rings (SSSR count). The van der Waals surface area contributed by atoms with Crippen LogP contribution in [0.3, 0.4) is 0 Å². The predicted octanol–water partition coefficient (Wildman–Crippen LogP) is 2.14. The molecular formula is C8H9BrN2OS. The number of halogens is 1. The number of aromatic nitrogens is 1. The summed E-state index contributed by atoms with van der Waals surface area (Å²) < 4.78 is 0. The van der Waals surface area contributed by atoms with Gasteiger partial charge in [-0.2, -0.15) is 0 Å². The van der Waals surface area contributed by atoms with E-state index >= 15 is 0 Å². The average Bonchev–Trinajstić information content (AvgIpc) is 2.18. The molecule has 0 fully saturated rings. The van der Waals surface area contributed by atoms with Crippen molar-refractivity contribution in [3.8, 4) is 0 Å². The normalized spacial score (nSPS) is 9.69. The van der Waals surface area contributed by atoms with Gasteiger partial charge in [0.15, 0.2) is 0 Å². The smallest absolute Gasteiger partial charge is 0.235 e. The SMILES string of the molecule is CSc1ncccc1NC(=O)CBr. The van der Waals surface area contributed by atoms with Crippen molar-refractivity contribution in [2.75, 3.05) is 16.9 Å². The fourth-order valence-corrected chi connectivity index (χ4v) is 1.48. The molecule has 13 heavy (non-hydrogen) atoms. The molecule has 0 atom stereocenters. The fraction of sp³-hybridized carbons (Fsp3) is 0.250. The van der Waals surface area contributed by atoms with Crippen molar-refractivity contribution >= 4 is 39.3 Å². The van der Waals surface area contributed by atoms with Gasteiger partial charge in [-0.3, -0.25) is 4.79 Å². The van der Waals surface area contributed by atoms with Crippen LogP contribution in [0, 0.1) is 0 Å². The molecule has 3 nitrogen and oxygen atoms in total. The molecule has 0 aliphatic rings. The number of pyridine rings is 1. The number of alkyl halides is 1. The number of nitrogens with zero attached hydrogens (tertiary/aromatic N) is 1. The minimum Gasteiger partial charge on any atom is -0.323 e. The third-order valence-electron chi connectivity index (χ3n) is 1.36. The highest BCUT2D eigenvalue weighted by atomic mass is 79.9. The van der Waals surface area contributed by atoms with Crippen LogP contribution in [0.15, 0.2) is 23.4 Å². The molecule has 1 aromatic rings. The molecule has 1 aromatic heterocycles. The maximum Gasteiger partial charge on any atom is 0.235 e. The molecular weight excluding hydrogens is 252 g/mol. The molecule has 0 aliphatic heterocycles. The molecule has 0 radical (unpaired) electrons. The Hall–Kier alpha value is -0.550. The van der Waals surface area contributed by atoms with Crippen molar-refractivity contribution in [3.05, 3.63) is 18.3 Å². The van der Waals surface area contributed by atoms with Crippen molar-refractivity contribution in [1.82, 2.24) is 4.98 Å². The molecule has 0 bridgehead atoms. The maximum atomic E-state index is 11.1. The number of hydrogen-bond donors (Lipinski definition) is 1. The van der Waals surface area contributed by atoms with E-state index in [0.717, 1.165) is 10.7 Å². The largest absolute Gasteiger partial charge is 0.323 e. The van der Waals surface area contributed by atoms with Crippen molar-refractivity contribution in [2.45, 2.75) is 5.03 Å². The number of nitrogens with one attached hydrogen (secondary N) is 1. The van der Waals surface area contributed by atoms with Crippen LogP contribution < -0.4 is 5.32 Å². The van der Waals surface area contributed by atoms with Crippen molar-refractivity contribution in [1.29, 1.82) is 0 Å². The van der Waals surface area contributed by atoms with E-state index in [1.165, 1.54) is 11.8 Å². The van der Waals surface area contributed by atoms with Crippen LogP contribution in [-0.4, -0.2) is 22.5 Å². The number of carbonyl (C=O) groups is 1. The molecule has 0 saturated carbocycles. The van der Waals surface area contributed by atoms with Gasteiger partial charge in [0.1, 0.15) is 5.03 Å². The van der Waals surface area contributed by atoms with Crippen molar-refractivity contribution < 1.29 is 4.79 Å². The molecule has 1 heterocycles. The van der Waals surface area contributed by atoms with E-state index in [1.54, 1.807) is 12.3 Å². The molecule has 1 N–H and O–H groups in total. The van der Waals surface area contributed by atoms with Crippen LogP contribution in [0.4, 0.5) is 5.69 Å². The molecule has 0 aromatic carbocycles. The highest BCUT2D eigenvalue weighted by Gasteiger charge is 2.04. The second-order valence-corrected chi connectivity index (χ2v) is 3.60. The fourth-order valence-electron chi connectivity index (χ4n) is 0.832. The maximum absolute atomic E-state index is 11.1. The highest BCUT2D eigenvalue weighted by molar-refractivity contribution is 9.09. The molecule has 1 amide bonds. The Kier molecular flexibility index (Phi) is 4.24. The zero-order valence-electron chi connectivity index (χ0n) is 7.08. The lowest BCUT2D eigenvalue weighted by Crippen LogP contribution is -2.13. The lowest BCUT2D eigenvalue weighted by molar-refractivity contribution is -0.113. The topological polar surface area (TPSA) is 42.0 Å². The van der Waals surface area contributed by atoms with E-state index in [9.17, 15) is 4.79 Å². The standard InChI is InChI=1S/C8H9BrN2OS/c1-13-8-6(3-2-4-10-8)11-7(12)5-9/h2-4H,5H2,1H3,(H,11,12).